The summed E-state index contributed by atoms with van der Waals surface area (Å²) < 4.78 is 19.6. The molecule has 7 heteroatoms. The third-order valence-electron chi connectivity index (χ3n) is 6.27. The zero-order valence-electron chi connectivity index (χ0n) is 19.8. The van der Waals surface area contributed by atoms with Crippen molar-refractivity contribution in [3.05, 3.63) is 94.7 Å². The van der Waals surface area contributed by atoms with Gasteiger partial charge in [-0.1, -0.05) is 30.0 Å². The Labute approximate surface area is 208 Å². The largest absolute Gasteiger partial charge is 0.508 e. The van der Waals surface area contributed by atoms with Crippen LogP contribution in [-0.2, 0) is 4.74 Å². The molecule has 3 heterocycles. The molecule has 4 aromatic rings. The van der Waals surface area contributed by atoms with Gasteiger partial charge in [-0.3, -0.25) is 4.79 Å². The number of phenolic OH excluding ortho intramolecular Hbond substituents is 1. The molecule has 2 aromatic carbocycles. The number of benzene rings is 2. The van der Waals surface area contributed by atoms with Crippen molar-refractivity contribution in [2.45, 2.75) is 25.8 Å². The van der Waals surface area contributed by atoms with Crippen molar-refractivity contribution in [2.75, 3.05) is 13.2 Å². The first-order valence-electron chi connectivity index (χ1n) is 11.9. The second kappa shape index (κ2) is 10.2. The summed E-state index contributed by atoms with van der Waals surface area (Å²) in [4.78, 5) is 21.1. The average Bonchev–Trinajstić information content (AvgIpc) is 3.32. The van der Waals surface area contributed by atoms with E-state index in [1.807, 2.05) is 43.3 Å². The zero-order chi connectivity index (χ0) is 25.1. The lowest BCUT2D eigenvalue weighted by Crippen LogP contribution is -2.30. The van der Waals surface area contributed by atoms with Crippen molar-refractivity contribution >= 4 is 16.8 Å². The van der Waals surface area contributed by atoms with E-state index in [1.165, 1.54) is 18.2 Å². The molecule has 1 aliphatic heterocycles. The summed E-state index contributed by atoms with van der Waals surface area (Å²) in [6.07, 6.45) is 1.79. The Morgan fingerprint density at radius 2 is 1.97 bits per heavy atom. The number of amides is 1. The maximum absolute atomic E-state index is 14.2. The van der Waals surface area contributed by atoms with Gasteiger partial charge in [-0.25, -0.2) is 9.37 Å². The number of halogens is 1. The third kappa shape index (κ3) is 5.24. The van der Waals surface area contributed by atoms with Crippen molar-refractivity contribution in [1.29, 1.82) is 0 Å². The van der Waals surface area contributed by atoms with Gasteiger partial charge < -0.3 is 20.1 Å². The summed E-state index contributed by atoms with van der Waals surface area (Å²) in [5.74, 6) is 5.63. The van der Waals surface area contributed by atoms with Gasteiger partial charge in [0.15, 0.2) is 0 Å². The van der Waals surface area contributed by atoms with Crippen molar-refractivity contribution in [3.63, 3.8) is 0 Å². The fraction of sp³-hybridized carbons (Fsp3) is 0.241. The quantitative estimate of drug-likeness (QED) is 0.356. The van der Waals surface area contributed by atoms with Crippen LogP contribution in [0.4, 0.5) is 4.39 Å². The number of nitrogens with zero attached hydrogens (tertiary/aromatic N) is 1. The average molecular weight is 484 g/mol. The highest BCUT2D eigenvalue weighted by atomic mass is 19.1. The number of carbonyl (C=O) groups excluding carboxylic acids is 1. The second-order valence-electron chi connectivity index (χ2n) is 8.96. The Morgan fingerprint density at radius 3 is 2.78 bits per heavy atom. The lowest BCUT2D eigenvalue weighted by molar-refractivity contribution is 0.0807. The Bertz CT molecular complexity index is 1450. The molecule has 2 aromatic heterocycles. The van der Waals surface area contributed by atoms with Crippen LogP contribution in [0.5, 0.6) is 5.75 Å². The summed E-state index contributed by atoms with van der Waals surface area (Å²) >= 11 is 0. The number of carbonyl (C=O) groups is 1. The number of pyridine rings is 1. The minimum absolute atomic E-state index is 0.124. The Hall–Kier alpha value is -4.15. The molecular weight excluding hydrogens is 457 g/mol. The van der Waals surface area contributed by atoms with Gasteiger partial charge in [-0.05, 0) is 67.6 Å². The molecule has 1 aliphatic rings. The molecule has 1 saturated heterocycles. The van der Waals surface area contributed by atoms with Gasteiger partial charge in [0.1, 0.15) is 17.3 Å². The smallest absolute Gasteiger partial charge is 0.270 e. The van der Waals surface area contributed by atoms with E-state index in [4.69, 9.17) is 4.74 Å². The van der Waals surface area contributed by atoms with Gasteiger partial charge in [0, 0.05) is 47.2 Å². The van der Waals surface area contributed by atoms with Crippen molar-refractivity contribution in [1.82, 2.24) is 15.3 Å². The highest BCUT2D eigenvalue weighted by Crippen LogP contribution is 2.31. The van der Waals surface area contributed by atoms with Crippen LogP contribution in [0, 0.1) is 30.5 Å². The predicted molar refractivity (Wildman–Crippen MR) is 135 cm³/mol. The first kappa shape index (κ1) is 23.6. The summed E-state index contributed by atoms with van der Waals surface area (Å²) in [7, 11) is 0. The molecule has 0 bridgehead atoms. The number of H-pyrrole nitrogens is 1. The molecule has 0 saturated carbocycles. The number of aromatic amines is 1. The topological polar surface area (TPSA) is 87.2 Å². The number of nitrogens with one attached hydrogen (secondary N) is 2. The van der Waals surface area contributed by atoms with Gasteiger partial charge >= 0.3 is 0 Å². The lowest BCUT2D eigenvalue weighted by atomic mass is 10.0. The summed E-state index contributed by atoms with van der Waals surface area (Å²) in [5, 5.41) is 14.4. The minimum atomic E-state index is -0.834. The van der Waals surface area contributed by atoms with Gasteiger partial charge in [0.25, 0.3) is 5.91 Å². The highest BCUT2D eigenvalue weighted by Gasteiger charge is 2.24. The molecule has 6 nitrogen and oxygen atoms in total. The van der Waals surface area contributed by atoms with Gasteiger partial charge in [0.05, 0.1) is 6.04 Å². The molecule has 1 fully saturated rings. The number of rotatable bonds is 4. The second-order valence-corrected chi connectivity index (χ2v) is 8.96. The van der Waals surface area contributed by atoms with Crippen molar-refractivity contribution in [3.8, 4) is 17.6 Å². The van der Waals surface area contributed by atoms with Crippen LogP contribution in [-0.4, -0.2) is 34.2 Å². The number of aromatic nitrogens is 2. The van der Waals surface area contributed by atoms with E-state index in [0.717, 1.165) is 23.7 Å². The van der Waals surface area contributed by atoms with E-state index in [-0.39, 0.29) is 22.9 Å². The summed E-state index contributed by atoms with van der Waals surface area (Å²) in [6, 6.07) is 15.9. The van der Waals surface area contributed by atoms with Crippen LogP contribution >= 0.6 is 0 Å². The molecule has 0 spiro atoms. The first-order chi connectivity index (χ1) is 17.5. The van der Waals surface area contributed by atoms with Crippen molar-refractivity contribution in [2.24, 2.45) is 5.92 Å². The number of aryl methyl sites for hydroxylation is 1. The Kier molecular flexibility index (Phi) is 6.70. The normalized spacial score (nSPS) is 14.7. The maximum atomic E-state index is 14.2. The molecule has 1 unspecified atom stereocenters. The van der Waals surface area contributed by atoms with Crippen LogP contribution in [0.2, 0.25) is 0 Å². The minimum Gasteiger partial charge on any atom is -0.508 e. The Balaban J connectivity index is 1.48. The van der Waals surface area contributed by atoms with E-state index in [1.54, 1.807) is 6.07 Å². The van der Waals surface area contributed by atoms with Crippen LogP contribution < -0.4 is 5.32 Å². The van der Waals surface area contributed by atoms with Gasteiger partial charge in [-0.15, -0.1) is 0 Å². The molecule has 1 atom stereocenters. The molecule has 0 radical (unpaired) electrons. The van der Waals surface area contributed by atoms with Crippen LogP contribution in [0.25, 0.3) is 10.9 Å². The highest BCUT2D eigenvalue weighted by molar-refractivity contribution is 5.93. The maximum Gasteiger partial charge on any atom is 0.270 e. The number of ether oxygens (including phenoxy) is 1. The summed E-state index contributed by atoms with van der Waals surface area (Å²) in [5.41, 5.74) is 3.27. The fourth-order valence-corrected chi connectivity index (χ4v) is 4.42. The number of phenols is 1. The van der Waals surface area contributed by atoms with E-state index in [9.17, 15) is 14.3 Å². The molecule has 182 valence electrons. The third-order valence-corrected chi connectivity index (χ3v) is 6.27. The zero-order valence-corrected chi connectivity index (χ0v) is 19.8. The predicted octanol–water partition coefficient (Wildman–Crippen LogP) is 5.01. The van der Waals surface area contributed by atoms with Gasteiger partial charge in [-0.2, -0.15) is 0 Å². The molecule has 1 amide bonds. The van der Waals surface area contributed by atoms with E-state index >= 15 is 0 Å². The first-order valence-corrected chi connectivity index (χ1v) is 11.9. The number of aromatic hydroxyl groups is 1. The lowest BCUT2D eigenvalue weighted by Gasteiger charge is -2.19. The standard InChI is InChI=1S/C29H26FN3O3/c1-18-14-20(7-6-19-10-12-36-13-11-19)15-26(31-18)29(35)33-28(23-17-22(30)8-9-27(23)34)25-16-21-4-2-3-5-24(21)32-25/h2-5,8-9,14-17,19,28,32,34H,10-13H2,1H3,(H,33,35). The fourth-order valence-electron chi connectivity index (χ4n) is 4.42. The van der Waals surface area contributed by atoms with Gasteiger partial charge in [0.2, 0.25) is 0 Å². The monoisotopic (exact) mass is 483 g/mol. The number of hydrogen-bond donors (Lipinski definition) is 3. The molecular formula is C29H26FN3O3. The van der Waals surface area contributed by atoms with E-state index < -0.39 is 17.8 Å². The summed E-state index contributed by atoms with van der Waals surface area (Å²) in [6.45, 7) is 3.23. The number of hydrogen-bond acceptors (Lipinski definition) is 4. The van der Waals surface area contributed by atoms with Crippen LogP contribution in [0.1, 0.15) is 51.9 Å². The molecule has 36 heavy (non-hydrogen) atoms. The van der Waals surface area contributed by atoms with Crippen molar-refractivity contribution < 1.29 is 19.0 Å². The number of fused-ring (bicyclic) bond motifs is 1. The van der Waals surface area contributed by atoms with Crippen LogP contribution in [0.15, 0.2) is 60.7 Å². The molecule has 0 aliphatic carbocycles. The number of para-hydroxylation sites is 1. The van der Waals surface area contributed by atoms with Crippen LogP contribution in [0.3, 0.4) is 0 Å². The molecule has 5 rings (SSSR count). The SMILES string of the molecule is Cc1cc(C#CC2CCOCC2)cc(C(=O)NC(c2cc3ccccc3[nH]2)c2cc(F)ccc2O)n1. The van der Waals surface area contributed by atoms with E-state index in [2.05, 4.69) is 27.1 Å². The Morgan fingerprint density at radius 1 is 1.17 bits per heavy atom. The molecule has 3 N–H and O–H groups in total. The van der Waals surface area contributed by atoms with E-state index in [0.29, 0.717) is 30.2 Å².